The number of likely N-dealkylation sites (N-methyl/N-ethyl adjacent to an activating group) is 1. The number of nitrogens with zero attached hydrogens (tertiary/aromatic N) is 1. The van der Waals surface area contributed by atoms with Crippen LogP contribution in [-0.2, 0) is 17.6 Å². The maximum Gasteiger partial charge on any atom is 0.254 e. The highest BCUT2D eigenvalue weighted by atomic mass is 16.2. The van der Waals surface area contributed by atoms with Gasteiger partial charge in [-0.15, -0.1) is 0 Å². The van der Waals surface area contributed by atoms with Crippen molar-refractivity contribution in [3.8, 4) is 0 Å². The largest absolute Gasteiger partial charge is 0.354 e. The standard InChI is InChI=1S/C20H22N2O2/c1-22-17(12-11-16-9-5-6-10-18(16)20(22)24)14-21-19(23)13-15-7-3-2-4-8-15/h2-10,17H,11-14H2,1H3,(H,21,23). The molecule has 1 unspecified atom stereocenters. The molecule has 0 bridgehead atoms. The van der Waals surface area contributed by atoms with E-state index in [1.54, 1.807) is 4.90 Å². The minimum absolute atomic E-state index is 0.0104. The molecule has 24 heavy (non-hydrogen) atoms. The fraction of sp³-hybridized carbons (Fsp3) is 0.300. The first-order valence-electron chi connectivity index (χ1n) is 8.31. The molecule has 3 rings (SSSR count). The maximum absolute atomic E-state index is 12.6. The van der Waals surface area contributed by atoms with E-state index in [-0.39, 0.29) is 17.9 Å². The van der Waals surface area contributed by atoms with Gasteiger partial charge in [-0.2, -0.15) is 0 Å². The van der Waals surface area contributed by atoms with Gasteiger partial charge in [-0.3, -0.25) is 9.59 Å². The number of rotatable bonds is 4. The normalized spacial score (nSPS) is 17.1. The van der Waals surface area contributed by atoms with E-state index in [1.807, 2.05) is 61.6 Å². The molecule has 2 aromatic carbocycles. The first-order chi connectivity index (χ1) is 11.6. The zero-order chi connectivity index (χ0) is 16.9. The van der Waals surface area contributed by atoms with Crippen molar-refractivity contribution in [1.82, 2.24) is 10.2 Å². The van der Waals surface area contributed by atoms with Crippen molar-refractivity contribution in [3.05, 3.63) is 71.3 Å². The summed E-state index contributed by atoms with van der Waals surface area (Å²) in [5.74, 6) is 0.0224. The van der Waals surface area contributed by atoms with Crippen LogP contribution < -0.4 is 5.32 Å². The minimum Gasteiger partial charge on any atom is -0.354 e. The topological polar surface area (TPSA) is 49.4 Å². The van der Waals surface area contributed by atoms with Crippen molar-refractivity contribution in [2.24, 2.45) is 0 Å². The Bertz CT molecular complexity index is 727. The Kier molecular flexibility index (Phi) is 4.94. The average Bonchev–Trinajstić information content (AvgIpc) is 2.72. The summed E-state index contributed by atoms with van der Waals surface area (Å²) in [6.07, 6.45) is 2.07. The van der Waals surface area contributed by atoms with E-state index >= 15 is 0 Å². The molecule has 0 saturated heterocycles. The number of carbonyl (C=O) groups excluding carboxylic acids is 2. The van der Waals surface area contributed by atoms with Crippen LogP contribution in [-0.4, -0.2) is 36.3 Å². The van der Waals surface area contributed by atoms with E-state index in [1.165, 1.54) is 0 Å². The van der Waals surface area contributed by atoms with Crippen LogP contribution in [0.1, 0.15) is 27.9 Å². The summed E-state index contributed by atoms with van der Waals surface area (Å²) in [6, 6.07) is 17.4. The molecule has 1 heterocycles. The highest BCUT2D eigenvalue weighted by Gasteiger charge is 2.26. The zero-order valence-electron chi connectivity index (χ0n) is 13.9. The number of fused-ring (bicyclic) bond motifs is 1. The summed E-state index contributed by atoms with van der Waals surface area (Å²) in [4.78, 5) is 26.5. The minimum atomic E-state index is -0.0104. The molecule has 1 N–H and O–H groups in total. The molecular formula is C20H22N2O2. The van der Waals surface area contributed by atoms with Crippen molar-refractivity contribution >= 4 is 11.8 Å². The maximum atomic E-state index is 12.6. The summed E-state index contributed by atoms with van der Waals surface area (Å²) >= 11 is 0. The lowest BCUT2D eigenvalue weighted by atomic mass is 10.0. The Morgan fingerprint density at radius 2 is 1.83 bits per heavy atom. The van der Waals surface area contributed by atoms with Crippen LogP contribution in [0.25, 0.3) is 0 Å². The molecule has 2 aromatic rings. The molecule has 4 heteroatoms. The van der Waals surface area contributed by atoms with Crippen molar-refractivity contribution in [2.75, 3.05) is 13.6 Å². The molecular weight excluding hydrogens is 300 g/mol. The van der Waals surface area contributed by atoms with Gasteiger partial charge in [0.15, 0.2) is 0 Å². The van der Waals surface area contributed by atoms with E-state index in [0.717, 1.165) is 29.5 Å². The average molecular weight is 322 g/mol. The first kappa shape index (κ1) is 16.2. The summed E-state index contributed by atoms with van der Waals surface area (Å²) in [5.41, 5.74) is 2.86. The second kappa shape index (κ2) is 7.30. The summed E-state index contributed by atoms with van der Waals surface area (Å²) in [5, 5.41) is 2.97. The molecule has 1 aliphatic heterocycles. The van der Waals surface area contributed by atoms with Gasteiger partial charge in [0.05, 0.1) is 6.42 Å². The quantitative estimate of drug-likeness (QED) is 0.940. The molecule has 124 valence electrons. The van der Waals surface area contributed by atoms with Gasteiger partial charge in [0.25, 0.3) is 5.91 Å². The predicted octanol–water partition coefficient (Wildman–Crippen LogP) is 2.43. The molecule has 0 aliphatic carbocycles. The van der Waals surface area contributed by atoms with Crippen LogP contribution >= 0.6 is 0 Å². The highest BCUT2D eigenvalue weighted by Crippen LogP contribution is 2.21. The van der Waals surface area contributed by atoms with Crippen LogP contribution in [0.3, 0.4) is 0 Å². The van der Waals surface area contributed by atoms with E-state index in [0.29, 0.717) is 13.0 Å². The summed E-state index contributed by atoms with van der Waals surface area (Å²) in [6.45, 7) is 0.488. The molecule has 4 nitrogen and oxygen atoms in total. The predicted molar refractivity (Wildman–Crippen MR) is 93.8 cm³/mol. The van der Waals surface area contributed by atoms with E-state index in [4.69, 9.17) is 0 Å². The lowest BCUT2D eigenvalue weighted by molar-refractivity contribution is -0.120. The number of hydrogen-bond donors (Lipinski definition) is 1. The fourth-order valence-corrected chi connectivity index (χ4v) is 3.13. The summed E-state index contributed by atoms with van der Waals surface area (Å²) < 4.78 is 0. The lowest BCUT2D eigenvalue weighted by Crippen LogP contribution is -2.44. The fourth-order valence-electron chi connectivity index (χ4n) is 3.13. The molecule has 1 atom stereocenters. The van der Waals surface area contributed by atoms with Gasteiger partial charge in [-0.1, -0.05) is 48.5 Å². The molecule has 0 saturated carbocycles. The Hall–Kier alpha value is -2.62. The summed E-state index contributed by atoms with van der Waals surface area (Å²) in [7, 11) is 1.82. The van der Waals surface area contributed by atoms with Crippen molar-refractivity contribution in [1.29, 1.82) is 0 Å². The molecule has 1 aliphatic rings. The second-order valence-electron chi connectivity index (χ2n) is 6.23. The number of aryl methyl sites for hydroxylation is 1. The van der Waals surface area contributed by atoms with Crippen molar-refractivity contribution in [2.45, 2.75) is 25.3 Å². The van der Waals surface area contributed by atoms with Crippen molar-refractivity contribution in [3.63, 3.8) is 0 Å². The number of hydrogen-bond acceptors (Lipinski definition) is 2. The third-order valence-corrected chi connectivity index (χ3v) is 4.61. The van der Waals surface area contributed by atoms with E-state index in [9.17, 15) is 9.59 Å². The number of amides is 2. The van der Waals surface area contributed by atoms with Crippen molar-refractivity contribution < 1.29 is 9.59 Å². The van der Waals surface area contributed by atoms with Crippen LogP contribution in [0, 0.1) is 0 Å². The van der Waals surface area contributed by atoms with Gasteiger partial charge in [0, 0.05) is 25.2 Å². The van der Waals surface area contributed by atoms with E-state index < -0.39 is 0 Å². The van der Waals surface area contributed by atoms with E-state index in [2.05, 4.69) is 5.32 Å². The molecule has 0 fully saturated rings. The Morgan fingerprint density at radius 1 is 1.12 bits per heavy atom. The smallest absolute Gasteiger partial charge is 0.254 e. The SMILES string of the molecule is CN1C(=O)c2ccccc2CCC1CNC(=O)Cc1ccccc1. The van der Waals surface area contributed by atoms with Gasteiger partial charge in [-0.05, 0) is 30.0 Å². The third kappa shape index (κ3) is 3.65. The number of benzene rings is 2. The molecule has 0 spiro atoms. The molecule has 0 aromatic heterocycles. The van der Waals surface area contributed by atoms with Crippen LogP contribution in [0.4, 0.5) is 0 Å². The molecule has 0 radical (unpaired) electrons. The Morgan fingerprint density at radius 3 is 2.62 bits per heavy atom. The zero-order valence-corrected chi connectivity index (χ0v) is 13.9. The van der Waals surface area contributed by atoms with Crippen LogP contribution in [0.2, 0.25) is 0 Å². The van der Waals surface area contributed by atoms with Crippen LogP contribution in [0.5, 0.6) is 0 Å². The van der Waals surface area contributed by atoms with Gasteiger partial charge >= 0.3 is 0 Å². The lowest BCUT2D eigenvalue weighted by Gasteiger charge is -2.26. The van der Waals surface area contributed by atoms with Crippen LogP contribution in [0.15, 0.2) is 54.6 Å². The number of nitrogens with one attached hydrogen (secondary N) is 1. The Labute approximate surface area is 142 Å². The first-order valence-corrected chi connectivity index (χ1v) is 8.31. The van der Waals surface area contributed by atoms with Gasteiger partial charge in [0.1, 0.15) is 0 Å². The highest BCUT2D eigenvalue weighted by molar-refractivity contribution is 5.96. The Balaban J connectivity index is 1.60. The van der Waals surface area contributed by atoms with Gasteiger partial charge in [0.2, 0.25) is 5.91 Å². The molecule has 2 amide bonds. The third-order valence-electron chi connectivity index (χ3n) is 4.61. The van der Waals surface area contributed by atoms with Gasteiger partial charge < -0.3 is 10.2 Å². The second-order valence-corrected chi connectivity index (χ2v) is 6.23. The van der Waals surface area contributed by atoms with Gasteiger partial charge in [-0.25, -0.2) is 0 Å². The monoisotopic (exact) mass is 322 g/mol. The number of carbonyl (C=O) groups is 2.